The van der Waals surface area contributed by atoms with Gasteiger partial charge >= 0.3 is 0 Å². The molecule has 0 atom stereocenters. The summed E-state index contributed by atoms with van der Waals surface area (Å²) in [6, 6.07) is 18.4. The van der Waals surface area contributed by atoms with Crippen LogP contribution in [0.25, 0.3) is 11.1 Å². The van der Waals surface area contributed by atoms with Crippen LogP contribution in [0.15, 0.2) is 77.1 Å². The number of benzene rings is 2. The van der Waals surface area contributed by atoms with Crippen molar-refractivity contribution < 1.29 is 9.59 Å². The Morgan fingerprint density at radius 1 is 1.03 bits per heavy atom. The first kappa shape index (κ1) is 23.0. The van der Waals surface area contributed by atoms with E-state index in [4.69, 9.17) is 11.6 Å². The van der Waals surface area contributed by atoms with E-state index in [1.807, 2.05) is 30.5 Å². The summed E-state index contributed by atoms with van der Waals surface area (Å²) in [5, 5.41) is 8.25. The van der Waals surface area contributed by atoms with Gasteiger partial charge in [-0.2, -0.15) is 0 Å². The van der Waals surface area contributed by atoms with E-state index in [0.717, 1.165) is 11.1 Å². The predicted octanol–water partition coefficient (Wildman–Crippen LogP) is 6.01. The summed E-state index contributed by atoms with van der Waals surface area (Å²) in [5.41, 5.74) is 3.13. The van der Waals surface area contributed by atoms with E-state index in [1.165, 1.54) is 16.2 Å². The standard InChI is InChI=1S/C24H19ClN4O2S2/c1-32-20-5-3-2-4-19(20)16-8-11-21(26-13-16)28-22(30)12-18-14-33-24(27-18)29-23(31)15-6-9-17(25)10-7-15/h2-11,13-14H,12H2,1H3,(H,26,28,30)(H,27,29,31). The van der Waals surface area contributed by atoms with Gasteiger partial charge in [0.05, 0.1) is 12.1 Å². The number of halogens is 1. The van der Waals surface area contributed by atoms with Crippen molar-refractivity contribution in [3.05, 3.63) is 88.5 Å². The SMILES string of the molecule is CSc1ccccc1-c1ccc(NC(=O)Cc2csc(NC(=O)c3ccc(Cl)cc3)n2)nc1. The summed E-state index contributed by atoms with van der Waals surface area (Å²) in [6.45, 7) is 0. The van der Waals surface area contributed by atoms with Crippen molar-refractivity contribution in [3.8, 4) is 11.1 Å². The fourth-order valence-electron chi connectivity index (χ4n) is 3.08. The molecule has 2 aromatic carbocycles. The number of thioether (sulfide) groups is 1. The van der Waals surface area contributed by atoms with Crippen LogP contribution in [0.1, 0.15) is 16.1 Å². The van der Waals surface area contributed by atoms with Gasteiger partial charge in [0, 0.05) is 32.6 Å². The zero-order chi connectivity index (χ0) is 23.2. The third-order valence-corrected chi connectivity index (χ3v) is 6.52. The zero-order valence-corrected chi connectivity index (χ0v) is 19.9. The highest BCUT2D eigenvalue weighted by molar-refractivity contribution is 7.98. The van der Waals surface area contributed by atoms with Crippen molar-refractivity contribution in [2.45, 2.75) is 11.3 Å². The number of anilines is 2. The number of nitrogens with zero attached hydrogens (tertiary/aromatic N) is 2. The Balaban J connectivity index is 1.34. The van der Waals surface area contributed by atoms with Gasteiger partial charge in [-0.1, -0.05) is 29.8 Å². The lowest BCUT2D eigenvalue weighted by molar-refractivity contribution is -0.115. The maximum absolute atomic E-state index is 12.4. The largest absolute Gasteiger partial charge is 0.310 e. The molecule has 0 bridgehead atoms. The number of carbonyl (C=O) groups is 2. The van der Waals surface area contributed by atoms with Crippen LogP contribution in [0.5, 0.6) is 0 Å². The third-order valence-electron chi connectivity index (χ3n) is 4.67. The van der Waals surface area contributed by atoms with Gasteiger partial charge in [-0.25, -0.2) is 9.97 Å². The molecule has 4 aromatic rings. The van der Waals surface area contributed by atoms with Crippen molar-refractivity contribution in [2.24, 2.45) is 0 Å². The summed E-state index contributed by atoms with van der Waals surface area (Å²) in [7, 11) is 0. The molecule has 0 saturated heterocycles. The van der Waals surface area contributed by atoms with Gasteiger partial charge in [-0.05, 0) is 54.3 Å². The molecular weight excluding hydrogens is 476 g/mol. The van der Waals surface area contributed by atoms with Gasteiger partial charge in [0.15, 0.2) is 5.13 Å². The van der Waals surface area contributed by atoms with Crippen molar-refractivity contribution in [1.82, 2.24) is 9.97 Å². The van der Waals surface area contributed by atoms with Crippen LogP contribution in [0, 0.1) is 0 Å². The summed E-state index contributed by atoms with van der Waals surface area (Å²) >= 11 is 8.79. The molecule has 0 saturated carbocycles. The smallest absolute Gasteiger partial charge is 0.257 e. The molecule has 33 heavy (non-hydrogen) atoms. The molecule has 6 nitrogen and oxygen atoms in total. The highest BCUT2D eigenvalue weighted by Gasteiger charge is 2.12. The van der Waals surface area contributed by atoms with E-state index in [9.17, 15) is 9.59 Å². The van der Waals surface area contributed by atoms with Gasteiger partial charge in [0.25, 0.3) is 5.91 Å². The van der Waals surface area contributed by atoms with Crippen LogP contribution < -0.4 is 10.6 Å². The van der Waals surface area contributed by atoms with E-state index >= 15 is 0 Å². The average molecular weight is 495 g/mol. The van der Waals surface area contributed by atoms with Crippen molar-refractivity contribution in [2.75, 3.05) is 16.9 Å². The van der Waals surface area contributed by atoms with Crippen molar-refractivity contribution in [3.63, 3.8) is 0 Å². The number of aromatic nitrogens is 2. The Bertz CT molecular complexity index is 1270. The summed E-state index contributed by atoms with van der Waals surface area (Å²) in [5.74, 6) is -0.0538. The minimum Gasteiger partial charge on any atom is -0.310 e. The van der Waals surface area contributed by atoms with E-state index in [0.29, 0.717) is 27.2 Å². The Morgan fingerprint density at radius 2 is 1.82 bits per heavy atom. The first-order chi connectivity index (χ1) is 16.0. The van der Waals surface area contributed by atoms with Gasteiger partial charge in [0.1, 0.15) is 5.82 Å². The first-order valence-electron chi connectivity index (χ1n) is 9.92. The highest BCUT2D eigenvalue weighted by Crippen LogP contribution is 2.29. The first-order valence-corrected chi connectivity index (χ1v) is 12.4. The number of amides is 2. The second-order valence-corrected chi connectivity index (χ2v) is 9.10. The van der Waals surface area contributed by atoms with Gasteiger partial charge in [0.2, 0.25) is 5.91 Å². The molecule has 166 valence electrons. The number of hydrogen-bond donors (Lipinski definition) is 2. The number of carbonyl (C=O) groups excluding carboxylic acids is 2. The summed E-state index contributed by atoms with van der Waals surface area (Å²) in [6.07, 6.45) is 3.86. The van der Waals surface area contributed by atoms with Gasteiger partial charge < -0.3 is 5.32 Å². The molecule has 4 rings (SSSR count). The topological polar surface area (TPSA) is 84.0 Å². The number of nitrogens with one attached hydrogen (secondary N) is 2. The van der Waals surface area contributed by atoms with Crippen LogP contribution in [-0.4, -0.2) is 28.0 Å². The Morgan fingerprint density at radius 3 is 2.55 bits per heavy atom. The predicted molar refractivity (Wildman–Crippen MR) is 135 cm³/mol. The molecule has 0 spiro atoms. The number of thiazole rings is 1. The lowest BCUT2D eigenvalue weighted by Crippen LogP contribution is -2.16. The average Bonchev–Trinajstić information content (AvgIpc) is 3.26. The number of rotatable bonds is 7. The molecule has 0 unspecified atom stereocenters. The van der Waals surface area contributed by atoms with E-state index in [-0.39, 0.29) is 18.2 Å². The van der Waals surface area contributed by atoms with Crippen molar-refractivity contribution >= 4 is 57.5 Å². The fraction of sp³-hybridized carbons (Fsp3) is 0.0833. The molecule has 0 aliphatic rings. The van der Waals surface area contributed by atoms with Gasteiger partial charge in [-0.15, -0.1) is 23.1 Å². The Hall–Kier alpha value is -3.20. The van der Waals surface area contributed by atoms with Crippen LogP contribution in [0.2, 0.25) is 5.02 Å². The lowest BCUT2D eigenvalue weighted by Gasteiger charge is -2.08. The molecule has 0 aliphatic carbocycles. The maximum Gasteiger partial charge on any atom is 0.257 e. The summed E-state index contributed by atoms with van der Waals surface area (Å²) in [4.78, 5) is 34.6. The Kier molecular flexibility index (Phi) is 7.39. The zero-order valence-electron chi connectivity index (χ0n) is 17.5. The van der Waals surface area contributed by atoms with E-state index in [2.05, 4.69) is 26.7 Å². The monoisotopic (exact) mass is 494 g/mol. The molecule has 2 aromatic heterocycles. The van der Waals surface area contributed by atoms with Crippen LogP contribution >= 0.6 is 34.7 Å². The van der Waals surface area contributed by atoms with Gasteiger partial charge in [-0.3, -0.25) is 14.9 Å². The highest BCUT2D eigenvalue weighted by atomic mass is 35.5. The molecule has 0 radical (unpaired) electrons. The molecule has 2 N–H and O–H groups in total. The second kappa shape index (κ2) is 10.6. The lowest BCUT2D eigenvalue weighted by atomic mass is 10.1. The normalized spacial score (nSPS) is 10.6. The molecular formula is C24H19ClN4O2S2. The molecule has 2 amide bonds. The summed E-state index contributed by atoms with van der Waals surface area (Å²) < 4.78 is 0. The van der Waals surface area contributed by atoms with Crippen LogP contribution in [-0.2, 0) is 11.2 Å². The Labute approximate surface area is 204 Å². The van der Waals surface area contributed by atoms with Crippen molar-refractivity contribution in [1.29, 1.82) is 0 Å². The molecule has 0 fully saturated rings. The molecule has 2 heterocycles. The molecule has 0 aliphatic heterocycles. The third kappa shape index (κ3) is 5.98. The van der Waals surface area contributed by atoms with E-state index < -0.39 is 0 Å². The fourth-order valence-corrected chi connectivity index (χ4v) is 4.53. The molecule has 9 heteroatoms. The second-order valence-electron chi connectivity index (χ2n) is 6.96. The number of pyridine rings is 1. The van der Waals surface area contributed by atoms with Crippen LogP contribution in [0.3, 0.4) is 0 Å². The van der Waals surface area contributed by atoms with E-state index in [1.54, 1.807) is 53.7 Å². The maximum atomic E-state index is 12.4. The quantitative estimate of drug-likeness (QED) is 0.307. The number of hydrogen-bond acceptors (Lipinski definition) is 6. The minimum absolute atomic E-state index is 0.0755. The van der Waals surface area contributed by atoms with Crippen LogP contribution in [0.4, 0.5) is 10.9 Å². The minimum atomic E-state index is -0.288.